The van der Waals surface area contributed by atoms with Gasteiger partial charge >= 0.3 is 5.97 Å². The lowest BCUT2D eigenvalue weighted by Gasteiger charge is -2.28. The van der Waals surface area contributed by atoms with Crippen molar-refractivity contribution in [1.29, 1.82) is 0 Å². The first-order valence-corrected chi connectivity index (χ1v) is 6.89. The summed E-state index contributed by atoms with van der Waals surface area (Å²) >= 11 is 0. The van der Waals surface area contributed by atoms with Crippen molar-refractivity contribution < 1.29 is 14.6 Å². The van der Waals surface area contributed by atoms with E-state index < -0.39 is 0 Å². The van der Waals surface area contributed by atoms with Gasteiger partial charge in [0.2, 0.25) is 0 Å². The molecule has 4 nitrogen and oxygen atoms in total. The molecule has 2 atom stereocenters. The molecule has 2 rings (SSSR count). The third-order valence-electron chi connectivity index (χ3n) is 3.85. The van der Waals surface area contributed by atoms with E-state index in [1.165, 1.54) is 18.6 Å². The highest BCUT2D eigenvalue weighted by Crippen LogP contribution is 2.29. The fraction of sp³-hybridized carbons (Fsp3) is 0.533. The van der Waals surface area contributed by atoms with E-state index in [4.69, 9.17) is 10.5 Å². The van der Waals surface area contributed by atoms with Crippen LogP contribution in [0.5, 0.6) is 5.75 Å². The predicted octanol–water partition coefficient (Wildman–Crippen LogP) is 3.10. The molecular formula is C15H21NO3. The van der Waals surface area contributed by atoms with Crippen molar-refractivity contribution in [2.75, 3.05) is 5.73 Å². The van der Waals surface area contributed by atoms with Crippen molar-refractivity contribution in [3.05, 3.63) is 23.8 Å². The van der Waals surface area contributed by atoms with Crippen molar-refractivity contribution in [2.45, 2.75) is 45.1 Å². The highest BCUT2D eigenvalue weighted by atomic mass is 16.5. The number of nitrogens with two attached hydrogens (primary N) is 1. The van der Waals surface area contributed by atoms with Crippen LogP contribution < -0.4 is 5.73 Å². The maximum Gasteiger partial charge on any atom is 0.338 e. The van der Waals surface area contributed by atoms with Crippen LogP contribution in [0, 0.1) is 5.92 Å². The van der Waals surface area contributed by atoms with Crippen LogP contribution in [0.25, 0.3) is 0 Å². The summed E-state index contributed by atoms with van der Waals surface area (Å²) in [6, 6.07) is 4.46. The van der Waals surface area contributed by atoms with Gasteiger partial charge in [-0.15, -0.1) is 0 Å². The van der Waals surface area contributed by atoms with Gasteiger partial charge in [-0.05, 0) is 43.4 Å². The second-order valence-corrected chi connectivity index (χ2v) is 5.24. The van der Waals surface area contributed by atoms with Crippen LogP contribution >= 0.6 is 0 Å². The Balaban J connectivity index is 1.98. The van der Waals surface area contributed by atoms with Crippen LogP contribution in [-0.4, -0.2) is 17.2 Å². The number of rotatable bonds is 3. The van der Waals surface area contributed by atoms with Gasteiger partial charge in [-0.3, -0.25) is 0 Å². The number of phenols is 1. The molecule has 4 heteroatoms. The Labute approximate surface area is 113 Å². The second-order valence-electron chi connectivity index (χ2n) is 5.24. The van der Waals surface area contributed by atoms with Crippen molar-refractivity contribution in [3.63, 3.8) is 0 Å². The van der Waals surface area contributed by atoms with Gasteiger partial charge in [-0.2, -0.15) is 0 Å². The van der Waals surface area contributed by atoms with Crippen molar-refractivity contribution >= 4 is 11.7 Å². The summed E-state index contributed by atoms with van der Waals surface area (Å²) in [5.41, 5.74) is 6.12. The minimum absolute atomic E-state index is 0.00546. The molecule has 0 amide bonds. The summed E-state index contributed by atoms with van der Waals surface area (Å²) in [7, 11) is 0. The Bertz CT molecular complexity index is 459. The van der Waals surface area contributed by atoms with Crippen LogP contribution in [0.15, 0.2) is 18.2 Å². The highest BCUT2D eigenvalue weighted by molar-refractivity contribution is 5.90. The summed E-state index contributed by atoms with van der Waals surface area (Å²) in [5.74, 6) is 0.202. The number of esters is 1. The number of carbonyl (C=O) groups excluding carboxylic acids is 1. The van der Waals surface area contributed by atoms with Crippen molar-refractivity contribution in [3.8, 4) is 5.75 Å². The van der Waals surface area contributed by atoms with Gasteiger partial charge in [-0.1, -0.05) is 19.8 Å². The number of benzene rings is 1. The van der Waals surface area contributed by atoms with Crippen LogP contribution in [0.1, 0.15) is 49.4 Å². The fourth-order valence-corrected chi connectivity index (χ4v) is 2.61. The molecule has 1 fully saturated rings. The molecule has 1 aromatic carbocycles. The molecular weight excluding hydrogens is 242 g/mol. The summed E-state index contributed by atoms with van der Waals surface area (Å²) in [6.45, 7) is 2.17. The topological polar surface area (TPSA) is 72.5 Å². The van der Waals surface area contributed by atoms with E-state index >= 15 is 0 Å². The molecule has 1 aliphatic rings. The lowest BCUT2D eigenvalue weighted by molar-refractivity contribution is 0.0139. The van der Waals surface area contributed by atoms with Crippen LogP contribution in [-0.2, 0) is 4.74 Å². The largest absolute Gasteiger partial charge is 0.506 e. The van der Waals surface area contributed by atoms with E-state index in [0.29, 0.717) is 11.5 Å². The predicted molar refractivity (Wildman–Crippen MR) is 74.0 cm³/mol. The molecule has 0 radical (unpaired) electrons. The van der Waals surface area contributed by atoms with E-state index in [-0.39, 0.29) is 23.5 Å². The SMILES string of the molecule is CCC1CCCC(OC(=O)c2ccc(N)c(O)c2)C1. The minimum atomic E-state index is -0.378. The highest BCUT2D eigenvalue weighted by Gasteiger charge is 2.24. The normalized spacial score (nSPS) is 23.0. The summed E-state index contributed by atoms with van der Waals surface area (Å²) in [5, 5.41) is 9.50. The van der Waals surface area contributed by atoms with E-state index in [9.17, 15) is 9.90 Å². The molecule has 1 saturated carbocycles. The zero-order chi connectivity index (χ0) is 13.8. The molecule has 0 aromatic heterocycles. The maximum atomic E-state index is 12.0. The lowest BCUT2D eigenvalue weighted by Crippen LogP contribution is -2.25. The molecule has 19 heavy (non-hydrogen) atoms. The molecule has 1 aromatic rings. The Morgan fingerprint density at radius 2 is 2.26 bits per heavy atom. The quantitative estimate of drug-likeness (QED) is 0.499. The number of hydrogen-bond donors (Lipinski definition) is 2. The first kappa shape index (κ1) is 13.7. The number of aromatic hydroxyl groups is 1. The van der Waals surface area contributed by atoms with E-state index in [1.54, 1.807) is 6.07 Å². The Hall–Kier alpha value is -1.71. The van der Waals surface area contributed by atoms with E-state index in [1.807, 2.05) is 0 Å². The minimum Gasteiger partial charge on any atom is -0.506 e. The van der Waals surface area contributed by atoms with E-state index in [0.717, 1.165) is 25.7 Å². The Morgan fingerprint density at radius 3 is 2.95 bits per heavy atom. The summed E-state index contributed by atoms with van der Waals surface area (Å²) in [6.07, 6.45) is 5.37. The molecule has 3 N–H and O–H groups in total. The number of hydrogen-bond acceptors (Lipinski definition) is 4. The third-order valence-corrected chi connectivity index (χ3v) is 3.85. The Morgan fingerprint density at radius 1 is 1.47 bits per heavy atom. The molecule has 0 saturated heterocycles. The molecule has 104 valence electrons. The smallest absolute Gasteiger partial charge is 0.338 e. The van der Waals surface area contributed by atoms with Crippen LogP contribution in [0.2, 0.25) is 0 Å². The molecule has 0 aliphatic heterocycles. The Kier molecular flexibility index (Phi) is 4.30. The van der Waals surface area contributed by atoms with Crippen LogP contribution in [0.3, 0.4) is 0 Å². The maximum absolute atomic E-state index is 12.0. The molecule has 2 unspecified atom stereocenters. The first-order chi connectivity index (χ1) is 9.10. The summed E-state index contributed by atoms with van der Waals surface area (Å²) in [4.78, 5) is 12.0. The van der Waals surface area contributed by atoms with Crippen molar-refractivity contribution in [1.82, 2.24) is 0 Å². The van der Waals surface area contributed by atoms with Crippen molar-refractivity contribution in [2.24, 2.45) is 5.92 Å². The zero-order valence-corrected chi connectivity index (χ0v) is 11.3. The van der Waals surface area contributed by atoms with Gasteiger partial charge in [0.05, 0.1) is 11.3 Å². The fourth-order valence-electron chi connectivity index (χ4n) is 2.61. The molecule has 1 aliphatic carbocycles. The van der Waals surface area contributed by atoms with Gasteiger partial charge in [0.25, 0.3) is 0 Å². The monoisotopic (exact) mass is 263 g/mol. The first-order valence-electron chi connectivity index (χ1n) is 6.89. The lowest BCUT2D eigenvalue weighted by atomic mass is 9.85. The molecule has 0 spiro atoms. The third kappa shape index (κ3) is 3.40. The molecule has 0 bridgehead atoms. The average Bonchev–Trinajstić information content (AvgIpc) is 2.42. The van der Waals surface area contributed by atoms with Gasteiger partial charge in [0.15, 0.2) is 0 Å². The number of carbonyl (C=O) groups is 1. The number of nitrogen functional groups attached to an aromatic ring is 1. The number of phenolic OH excluding ortho intramolecular Hbond substituents is 1. The summed E-state index contributed by atoms with van der Waals surface area (Å²) < 4.78 is 5.51. The van der Waals surface area contributed by atoms with Gasteiger partial charge in [0.1, 0.15) is 11.9 Å². The van der Waals surface area contributed by atoms with Gasteiger partial charge in [0, 0.05) is 0 Å². The van der Waals surface area contributed by atoms with Gasteiger partial charge < -0.3 is 15.6 Å². The van der Waals surface area contributed by atoms with E-state index in [2.05, 4.69) is 6.92 Å². The number of anilines is 1. The van der Waals surface area contributed by atoms with Gasteiger partial charge in [-0.25, -0.2) is 4.79 Å². The van der Waals surface area contributed by atoms with Crippen LogP contribution in [0.4, 0.5) is 5.69 Å². The number of ether oxygens (including phenoxy) is 1. The standard InChI is InChI=1S/C15H21NO3/c1-2-10-4-3-5-12(8-10)19-15(18)11-6-7-13(16)14(17)9-11/h6-7,9-10,12,17H,2-5,8,16H2,1H3. The zero-order valence-electron chi connectivity index (χ0n) is 11.3. The second kappa shape index (κ2) is 5.95. The average molecular weight is 263 g/mol. The molecule has 0 heterocycles.